The van der Waals surface area contributed by atoms with E-state index < -0.39 is 0 Å². The van der Waals surface area contributed by atoms with Gasteiger partial charge in [0.1, 0.15) is 23.2 Å². The summed E-state index contributed by atoms with van der Waals surface area (Å²) >= 11 is 5.53. The topological polar surface area (TPSA) is 79.9 Å². The van der Waals surface area contributed by atoms with Crippen LogP contribution in [-0.2, 0) is 11.2 Å². The van der Waals surface area contributed by atoms with Gasteiger partial charge in [-0.15, -0.1) is 11.6 Å². The summed E-state index contributed by atoms with van der Waals surface area (Å²) in [7, 11) is 0. The third-order valence-electron chi connectivity index (χ3n) is 3.30. The van der Waals surface area contributed by atoms with Gasteiger partial charge in [0, 0.05) is 12.6 Å². The Morgan fingerprint density at radius 3 is 2.87 bits per heavy atom. The number of benzene rings is 1. The molecule has 1 aromatic carbocycles. The molecule has 7 heteroatoms. The number of H-pyrrole nitrogens is 1. The molecule has 0 fully saturated rings. The lowest BCUT2D eigenvalue weighted by atomic mass is 10.2. The second-order valence-corrected chi connectivity index (χ2v) is 5.14. The number of hydrogen-bond donors (Lipinski definition) is 2. The summed E-state index contributed by atoms with van der Waals surface area (Å²) < 4.78 is 5.78. The third kappa shape index (κ3) is 3.60. The van der Waals surface area contributed by atoms with Crippen LogP contribution < -0.4 is 10.1 Å². The van der Waals surface area contributed by atoms with E-state index in [2.05, 4.69) is 20.3 Å². The van der Waals surface area contributed by atoms with Crippen LogP contribution in [-0.4, -0.2) is 33.3 Å². The number of hydrogen-bond acceptors (Lipinski definition) is 4. The number of rotatable bonds is 6. The highest BCUT2D eigenvalue weighted by molar-refractivity contribution is 6.29. The Kier molecular flexibility index (Phi) is 4.73. The average Bonchev–Trinajstić information content (AvgIpc) is 2.99. The predicted molar refractivity (Wildman–Crippen MR) is 88.9 cm³/mol. The number of nitrogens with one attached hydrogen (secondary N) is 2. The molecule has 0 aliphatic heterocycles. The van der Waals surface area contributed by atoms with E-state index in [1.165, 1.54) is 11.9 Å². The number of amides is 1. The van der Waals surface area contributed by atoms with Crippen LogP contribution in [0.3, 0.4) is 0 Å². The van der Waals surface area contributed by atoms with Crippen LogP contribution in [0.1, 0.15) is 5.56 Å². The normalized spacial score (nSPS) is 10.7. The van der Waals surface area contributed by atoms with Crippen molar-refractivity contribution >= 4 is 34.2 Å². The largest absolute Gasteiger partial charge is 0.477 e. The lowest BCUT2D eigenvalue weighted by molar-refractivity contribution is -0.113. The molecule has 23 heavy (non-hydrogen) atoms. The molecule has 0 bridgehead atoms. The first-order valence-electron chi connectivity index (χ1n) is 7.12. The standard InChI is InChI=1S/C16H15ClN4O2/c17-8-13(22)21-12-9-18-15-14(12)16(20-10-19-15)23-7-6-11-4-2-1-3-5-11/h1-5,9-10H,6-8H2,(H,21,22)(H,18,19,20). The highest BCUT2D eigenvalue weighted by atomic mass is 35.5. The summed E-state index contributed by atoms with van der Waals surface area (Å²) in [6.07, 6.45) is 3.83. The average molecular weight is 331 g/mol. The minimum Gasteiger partial charge on any atom is -0.477 e. The van der Waals surface area contributed by atoms with Gasteiger partial charge in [-0.05, 0) is 5.56 Å². The zero-order chi connectivity index (χ0) is 16.1. The van der Waals surface area contributed by atoms with Gasteiger partial charge < -0.3 is 15.0 Å². The quantitative estimate of drug-likeness (QED) is 0.681. The summed E-state index contributed by atoms with van der Waals surface area (Å²) in [5, 5.41) is 3.34. The number of carbonyl (C=O) groups excluding carboxylic acids is 1. The van der Waals surface area contributed by atoms with Crippen molar-refractivity contribution in [1.82, 2.24) is 15.0 Å². The van der Waals surface area contributed by atoms with E-state index >= 15 is 0 Å². The summed E-state index contributed by atoms with van der Waals surface area (Å²) in [5.41, 5.74) is 2.34. The Morgan fingerprint density at radius 1 is 1.26 bits per heavy atom. The number of alkyl halides is 1. The van der Waals surface area contributed by atoms with Gasteiger partial charge in [-0.25, -0.2) is 9.97 Å². The molecule has 0 aliphatic carbocycles. The number of ether oxygens (including phenoxy) is 1. The zero-order valence-corrected chi connectivity index (χ0v) is 13.0. The molecule has 3 aromatic rings. The fourth-order valence-corrected chi connectivity index (χ4v) is 2.30. The van der Waals surface area contributed by atoms with Crippen LogP contribution in [0.2, 0.25) is 0 Å². The molecule has 2 aromatic heterocycles. The molecular weight excluding hydrogens is 316 g/mol. The maximum absolute atomic E-state index is 11.5. The molecule has 1 amide bonds. The first-order chi connectivity index (χ1) is 11.3. The van der Waals surface area contributed by atoms with Crippen molar-refractivity contribution in [2.45, 2.75) is 6.42 Å². The Balaban J connectivity index is 1.77. The van der Waals surface area contributed by atoms with Gasteiger partial charge in [0.15, 0.2) is 0 Å². The van der Waals surface area contributed by atoms with E-state index in [4.69, 9.17) is 16.3 Å². The highest BCUT2D eigenvalue weighted by Gasteiger charge is 2.14. The first-order valence-corrected chi connectivity index (χ1v) is 7.66. The van der Waals surface area contributed by atoms with Crippen LogP contribution in [0.25, 0.3) is 11.0 Å². The van der Waals surface area contributed by atoms with Crippen molar-refractivity contribution in [2.24, 2.45) is 0 Å². The maximum Gasteiger partial charge on any atom is 0.239 e. The van der Waals surface area contributed by atoms with Crippen molar-refractivity contribution in [1.29, 1.82) is 0 Å². The molecule has 2 N–H and O–H groups in total. The van der Waals surface area contributed by atoms with Gasteiger partial charge >= 0.3 is 0 Å². The van der Waals surface area contributed by atoms with Crippen molar-refractivity contribution in [3.05, 3.63) is 48.4 Å². The summed E-state index contributed by atoms with van der Waals surface area (Å²) in [4.78, 5) is 22.8. The van der Waals surface area contributed by atoms with Crippen LogP contribution in [0.4, 0.5) is 5.69 Å². The first kappa shape index (κ1) is 15.3. The Bertz CT molecular complexity index is 804. The third-order valence-corrected chi connectivity index (χ3v) is 3.55. The van der Waals surface area contributed by atoms with E-state index in [-0.39, 0.29) is 11.8 Å². The van der Waals surface area contributed by atoms with Crippen LogP contribution in [0, 0.1) is 0 Å². The van der Waals surface area contributed by atoms with Crippen LogP contribution in [0.5, 0.6) is 5.88 Å². The molecule has 0 saturated carbocycles. The van der Waals surface area contributed by atoms with Crippen LogP contribution >= 0.6 is 11.6 Å². The second-order valence-electron chi connectivity index (χ2n) is 4.87. The van der Waals surface area contributed by atoms with E-state index in [0.717, 1.165) is 6.42 Å². The molecule has 0 radical (unpaired) electrons. The minimum absolute atomic E-state index is 0.120. The molecule has 3 rings (SSSR count). The van der Waals surface area contributed by atoms with Gasteiger partial charge in [-0.2, -0.15) is 0 Å². The van der Waals surface area contributed by atoms with Crippen molar-refractivity contribution in [2.75, 3.05) is 17.8 Å². The molecule has 0 aliphatic rings. The van der Waals surface area contributed by atoms with Crippen molar-refractivity contribution < 1.29 is 9.53 Å². The molecule has 0 unspecified atom stereocenters. The fourth-order valence-electron chi connectivity index (χ4n) is 2.24. The molecule has 0 spiro atoms. The molecule has 0 atom stereocenters. The Labute approximate surface area is 137 Å². The van der Waals surface area contributed by atoms with Crippen LogP contribution in [0.15, 0.2) is 42.9 Å². The Hall–Kier alpha value is -2.60. The fraction of sp³-hybridized carbons (Fsp3) is 0.188. The zero-order valence-electron chi connectivity index (χ0n) is 12.3. The van der Waals surface area contributed by atoms with Gasteiger partial charge in [0.25, 0.3) is 0 Å². The number of carbonyl (C=O) groups is 1. The number of aromatic nitrogens is 3. The van der Waals surface area contributed by atoms with Crippen molar-refractivity contribution in [3.63, 3.8) is 0 Å². The Morgan fingerprint density at radius 2 is 2.09 bits per heavy atom. The van der Waals surface area contributed by atoms with Gasteiger partial charge in [-0.3, -0.25) is 4.79 Å². The lowest BCUT2D eigenvalue weighted by Gasteiger charge is -2.08. The number of halogens is 1. The monoisotopic (exact) mass is 330 g/mol. The SMILES string of the molecule is O=C(CCl)Nc1c[nH]c2ncnc(OCCc3ccccc3)c12. The highest BCUT2D eigenvalue weighted by Crippen LogP contribution is 2.29. The number of anilines is 1. The molecule has 6 nitrogen and oxygen atoms in total. The van der Waals surface area contributed by atoms with Gasteiger partial charge in [-0.1, -0.05) is 30.3 Å². The number of nitrogens with zero attached hydrogens (tertiary/aromatic N) is 2. The van der Waals surface area contributed by atoms with E-state index in [9.17, 15) is 4.79 Å². The van der Waals surface area contributed by atoms with Crippen molar-refractivity contribution in [3.8, 4) is 5.88 Å². The van der Waals surface area contributed by atoms with Gasteiger partial charge in [0.05, 0.1) is 12.3 Å². The summed E-state index contributed by atoms with van der Waals surface area (Å²) in [5.74, 6) is 0.00796. The molecular formula is C16H15ClN4O2. The van der Waals surface area contributed by atoms with Gasteiger partial charge in [0.2, 0.25) is 11.8 Å². The number of aromatic amines is 1. The molecule has 2 heterocycles. The maximum atomic E-state index is 11.5. The van der Waals surface area contributed by atoms with E-state index in [0.29, 0.717) is 29.2 Å². The van der Waals surface area contributed by atoms with E-state index in [1.54, 1.807) is 6.20 Å². The number of fused-ring (bicyclic) bond motifs is 1. The summed E-state index contributed by atoms with van der Waals surface area (Å²) in [6.45, 7) is 0.476. The molecule has 0 saturated heterocycles. The summed E-state index contributed by atoms with van der Waals surface area (Å²) in [6, 6.07) is 10.0. The lowest BCUT2D eigenvalue weighted by Crippen LogP contribution is -2.12. The smallest absolute Gasteiger partial charge is 0.239 e. The minimum atomic E-state index is -0.299. The predicted octanol–water partition coefficient (Wildman–Crippen LogP) is 2.76. The second kappa shape index (κ2) is 7.11. The van der Waals surface area contributed by atoms with E-state index in [1.807, 2.05) is 30.3 Å². The molecule has 118 valence electrons.